The van der Waals surface area contributed by atoms with Gasteiger partial charge in [0, 0.05) is 24.7 Å². The van der Waals surface area contributed by atoms with Crippen molar-refractivity contribution >= 4 is 29.9 Å². The summed E-state index contributed by atoms with van der Waals surface area (Å²) in [6, 6.07) is 3.18. The summed E-state index contributed by atoms with van der Waals surface area (Å²) in [6.45, 7) is 1.85. The number of aliphatic carboxylic acids is 1. The van der Waals surface area contributed by atoms with Crippen molar-refractivity contribution in [3.05, 3.63) is 23.9 Å². The number of carbonyl (C=O) groups is 3. The van der Waals surface area contributed by atoms with E-state index in [4.69, 9.17) is 10.9 Å². The highest BCUT2D eigenvalue weighted by molar-refractivity contribution is 5.95. The normalized spacial score (nSPS) is 11.8. The van der Waals surface area contributed by atoms with Gasteiger partial charge in [0.15, 0.2) is 0 Å². The van der Waals surface area contributed by atoms with Crippen molar-refractivity contribution < 1.29 is 19.5 Å². The van der Waals surface area contributed by atoms with Crippen molar-refractivity contribution in [3.63, 3.8) is 0 Å². The summed E-state index contributed by atoms with van der Waals surface area (Å²) < 4.78 is 0. The summed E-state index contributed by atoms with van der Waals surface area (Å²) in [4.78, 5) is 42.7. The van der Waals surface area contributed by atoms with Gasteiger partial charge in [-0.15, -0.1) is 0 Å². The molecule has 1 aromatic heterocycles. The molecule has 0 spiro atoms. The van der Waals surface area contributed by atoms with E-state index in [9.17, 15) is 14.4 Å². The molecule has 1 atom stereocenters. The number of aliphatic imine (C=N–C) groups is 1. The second kappa shape index (κ2) is 11.5. The molecule has 10 nitrogen and oxygen atoms in total. The SMILES string of the molecule is CC(C(=O)O)c1cccnc1NC(=O)CNC(=O)CCCCN=CNN. The van der Waals surface area contributed by atoms with Gasteiger partial charge in [0.1, 0.15) is 5.82 Å². The van der Waals surface area contributed by atoms with Crippen LogP contribution in [0, 0.1) is 0 Å². The first-order valence-corrected chi connectivity index (χ1v) is 8.14. The van der Waals surface area contributed by atoms with E-state index in [2.05, 4.69) is 26.0 Å². The molecule has 0 bridgehead atoms. The Morgan fingerprint density at radius 1 is 1.35 bits per heavy atom. The molecule has 1 aromatic rings. The van der Waals surface area contributed by atoms with E-state index in [-0.39, 0.29) is 24.7 Å². The number of unbranched alkanes of at least 4 members (excludes halogenated alkanes) is 1. The highest BCUT2D eigenvalue weighted by Crippen LogP contribution is 2.22. The highest BCUT2D eigenvalue weighted by Gasteiger charge is 2.19. The molecule has 1 heterocycles. The number of anilines is 1. The first-order valence-electron chi connectivity index (χ1n) is 8.14. The number of rotatable bonds is 11. The number of hydrogen-bond acceptors (Lipinski definition) is 6. The van der Waals surface area contributed by atoms with Gasteiger partial charge in [-0.3, -0.25) is 19.4 Å². The first kappa shape index (κ1) is 21.0. The fraction of sp³-hybridized carbons (Fsp3) is 0.438. The van der Waals surface area contributed by atoms with Crippen LogP contribution in [0.2, 0.25) is 0 Å². The Morgan fingerprint density at radius 2 is 2.12 bits per heavy atom. The lowest BCUT2D eigenvalue weighted by atomic mass is 10.0. The van der Waals surface area contributed by atoms with Gasteiger partial charge in [0.2, 0.25) is 11.8 Å². The number of carbonyl (C=O) groups excluding carboxylic acids is 2. The Kier molecular flexibility index (Phi) is 9.33. The number of aromatic nitrogens is 1. The van der Waals surface area contributed by atoms with Crippen LogP contribution in [0.5, 0.6) is 0 Å². The van der Waals surface area contributed by atoms with E-state index >= 15 is 0 Å². The van der Waals surface area contributed by atoms with Gasteiger partial charge in [-0.25, -0.2) is 10.8 Å². The summed E-state index contributed by atoms with van der Waals surface area (Å²) in [7, 11) is 0. The van der Waals surface area contributed by atoms with Crippen LogP contribution in [-0.4, -0.2) is 47.3 Å². The minimum atomic E-state index is -1.02. The van der Waals surface area contributed by atoms with E-state index in [1.54, 1.807) is 12.1 Å². The summed E-state index contributed by atoms with van der Waals surface area (Å²) in [5, 5.41) is 14.1. The van der Waals surface area contributed by atoms with Crippen molar-refractivity contribution in [2.24, 2.45) is 10.8 Å². The Bertz CT molecular complexity index is 649. The lowest BCUT2D eigenvalue weighted by molar-refractivity contribution is -0.138. The van der Waals surface area contributed by atoms with Crippen molar-refractivity contribution in [2.45, 2.75) is 32.1 Å². The van der Waals surface area contributed by atoms with Crippen LogP contribution in [0.3, 0.4) is 0 Å². The second-order valence-corrected chi connectivity index (χ2v) is 5.49. The average Bonchev–Trinajstić information content (AvgIpc) is 2.62. The maximum atomic E-state index is 12.0. The molecule has 0 aliphatic carbocycles. The molecule has 0 saturated heterocycles. The minimum Gasteiger partial charge on any atom is -0.481 e. The fourth-order valence-electron chi connectivity index (χ4n) is 2.05. The average molecular weight is 364 g/mol. The van der Waals surface area contributed by atoms with Gasteiger partial charge < -0.3 is 21.2 Å². The zero-order valence-corrected chi connectivity index (χ0v) is 14.6. The van der Waals surface area contributed by atoms with Crippen LogP contribution in [0.4, 0.5) is 5.82 Å². The van der Waals surface area contributed by atoms with Crippen LogP contribution >= 0.6 is 0 Å². The van der Waals surface area contributed by atoms with Gasteiger partial charge in [0.25, 0.3) is 0 Å². The molecule has 0 aliphatic heterocycles. The molecule has 0 saturated carbocycles. The minimum absolute atomic E-state index is 0.174. The molecule has 0 aliphatic rings. The lowest BCUT2D eigenvalue weighted by Crippen LogP contribution is -2.33. The number of hydrogen-bond donors (Lipinski definition) is 5. The van der Waals surface area contributed by atoms with E-state index in [1.807, 2.05) is 0 Å². The van der Waals surface area contributed by atoms with Gasteiger partial charge in [0.05, 0.1) is 18.8 Å². The van der Waals surface area contributed by atoms with Crippen LogP contribution in [0.25, 0.3) is 0 Å². The fourth-order valence-corrected chi connectivity index (χ4v) is 2.05. The van der Waals surface area contributed by atoms with E-state index in [0.717, 1.165) is 6.42 Å². The first-order chi connectivity index (χ1) is 12.5. The molecular formula is C16H24N6O4. The summed E-state index contributed by atoms with van der Waals surface area (Å²) in [5.74, 6) is 2.63. The van der Waals surface area contributed by atoms with Crippen molar-refractivity contribution in [2.75, 3.05) is 18.4 Å². The number of hydrazine groups is 1. The van der Waals surface area contributed by atoms with Gasteiger partial charge in [-0.1, -0.05) is 6.07 Å². The van der Waals surface area contributed by atoms with Gasteiger partial charge in [-0.2, -0.15) is 0 Å². The Labute approximate surface area is 151 Å². The smallest absolute Gasteiger partial charge is 0.310 e. The standard InChI is InChI=1S/C16H24N6O4/c1-11(16(25)26)12-5-4-8-19-15(12)22-14(24)9-20-13(23)6-2-3-7-18-10-21-17/h4-5,8,10-11H,2-3,6-7,9,17H2,1H3,(H,18,21)(H,20,23)(H,25,26)(H,19,22,24). The van der Waals surface area contributed by atoms with Crippen LogP contribution in [0.1, 0.15) is 37.7 Å². The number of nitrogens with two attached hydrogens (primary N) is 1. The van der Waals surface area contributed by atoms with Crippen molar-refractivity contribution in [3.8, 4) is 0 Å². The molecule has 0 aromatic carbocycles. The second-order valence-electron chi connectivity index (χ2n) is 5.49. The third-order valence-electron chi connectivity index (χ3n) is 3.49. The van der Waals surface area contributed by atoms with E-state index in [1.165, 1.54) is 19.5 Å². The van der Waals surface area contributed by atoms with Crippen LogP contribution < -0.4 is 21.9 Å². The Morgan fingerprint density at radius 3 is 2.81 bits per heavy atom. The van der Waals surface area contributed by atoms with Crippen molar-refractivity contribution in [1.82, 2.24) is 15.7 Å². The zero-order valence-electron chi connectivity index (χ0n) is 14.6. The maximum Gasteiger partial charge on any atom is 0.310 e. The van der Waals surface area contributed by atoms with Gasteiger partial charge in [-0.05, 0) is 25.8 Å². The molecule has 26 heavy (non-hydrogen) atoms. The molecule has 142 valence electrons. The third-order valence-corrected chi connectivity index (χ3v) is 3.49. The predicted molar refractivity (Wildman–Crippen MR) is 96.5 cm³/mol. The Hall–Kier alpha value is -3.01. The zero-order chi connectivity index (χ0) is 19.4. The highest BCUT2D eigenvalue weighted by atomic mass is 16.4. The van der Waals surface area contributed by atoms with Gasteiger partial charge >= 0.3 is 5.97 Å². The summed E-state index contributed by atoms with van der Waals surface area (Å²) >= 11 is 0. The van der Waals surface area contributed by atoms with Crippen LogP contribution in [-0.2, 0) is 14.4 Å². The number of pyridine rings is 1. The molecule has 2 amide bonds. The van der Waals surface area contributed by atoms with E-state index in [0.29, 0.717) is 18.5 Å². The molecule has 1 rings (SSSR count). The monoisotopic (exact) mass is 364 g/mol. The molecule has 0 fully saturated rings. The number of nitrogens with one attached hydrogen (secondary N) is 3. The summed E-state index contributed by atoms with van der Waals surface area (Å²) in [5.41, 5.74) is 2.68. The third kappa shape index (κ3) is 7.71. The number of nitrogens with zero attached hydrogens (tertiary/aromatic N) is 2. The van der Waals surface area contributed by atoms with Crippen LogP contribution in [0.15, 0.2) is 23.3 Å². The molecule has 1 unspecified atom stereocenters. The van der Waals surface area contributed by atoms with E-state index < -0.39 is 17.8 Å². The number of amides is 2. The molecule has 0 radical (unpaired) electrons. The topological polar surface area (TPSA) is 159 Å². The number of carboxylic acid groups (broad SMARTS) is 1. The molecular weight excluding hydrogens is 340 g/mol. The largest absolute Gasteiger partial charge is 0.481 e. The lowest BCUT2D eigenvalue weighted by Gasteiger charge is -2.13. The summed E-state index contributed by atoms with van der Waals surface area (Å²) in [6.07, 6.45) is 4.47. The molecule has 10 heteroatoms. The Balaban J connectivity index is 2.40. The quantitative estimate of drug-likeness (QED) is 0.121. The van der Waals surface area contributed by atoms with Crippen molar-refractivity contribution in [1.29, 1.82) is 0 Å². The molecule has 6 N–H and O–H groups in total. The maximum absolute atomic E-state index is 12.0. The number of carboxylic acids is 1. The predicted octanol–water partition coefficient (Wildman–Crippen LogP) is -0.0137.